The number of allylic oxidation sites excluding steroid dienone is 6. The van der Waals surface area contributed by atoms with E-state index in [1.165, 1.54) is 54.5 Å². The molecule has 0 fully saturated rings. The van der Waals surface area contributed by atoms with Gasteiger partial charge >= 0.3 is 0 Å². The van der Waals surface area contributed by atoms with Crippen molar-refractivity contribution in [2.45, 2.75) is 12.8 Å². The van der Waals surface area contributed by atoms with Gasteiger partial charge in [0, 0.05) is 33.5 Å². The quantitative estimate of drug-likeness (QED) is 0.0987. The SMILES string of the molecule is C=C/C=C(\C=C)N(c1ccccc1)c1ccc2c3ccc(N(C4=CCCC=C4)c4ccccc4)c4cccc(c5cccc1c52)c43. The Morgan fingerprint density at radius 1 is 0.543 bits per heavy atom. The van der Waals surface area contributed by atoms with E-state index in [0.717, 1.165) is 35.6 Å². The van der Waals surface area contributed by atoms with Crippen LogP contribution in [0.2, 0.25) is 0 Å². The van der Waals surface area contributed by atoms with Gasteiger partial charge < -0.3 is 9.80 Å². The van der Waals surface area contributed by atoms with Gasteiger partial charge in [0.25, 0.3) is 0 Å². The molecule has 2 nitrogen and oxygen atoms in total. The van der Waals surface area contributed by atoms with Crippen LogP contribution in [0.5, 0.6) is 0 Å². The second-order valence-electron chi connectivity index (χ2n) is 11.7. The summed E-state index contributed by atoms with van der Waals surface area (Å²) in [5.41, 5.74) is 6.72. The minimum atomic E-state index is 0.969. The zero-order chi connectivity index (χ0) is 31.0. The van der Waals surface area contributed by atoms with Crippen LogP contribution in [0, 0.1) is 0 Å². The van der Waals surface area contributed by atoms with Crippen molar-refractivity contribution in [2.75, 3.05) is 9.80 Å². The Kier molecular flexibility index (Phi) is 6.96. The van der Waals surface area contributed by atoms with Gasteiger partial charge in [0.05, 0.1) is 11.4 Å². The molecule has 1 aliphatic carbocycles. The van der Waals surface area contributed by atoms with Crippen LogP contribution in [0.25, 0.3) is 43.1 Å². The van der Waals surface area contributed by atoms with Crippen molar-refractivity contribution in [3.8, 4) is 0 Å². The van der Waals surface area contributed by atoms with Crippen molar-refractivity contribution < 1.29 is 0 Å². The van der Waals surface area contributed by atoms with E-state index in [4.69, 9.17) is 0 Å². The lowest BCUT2D eigenvalue weighted by molar-refractivity contribution is 0.998. The minimum Gasteiger partial charge on any atom is -0.310 e. The molecule has 0 aliphatic heterocycles. The first-order valence-corrected chi connectivity index (χ1v) is 15.9. The smallest absolute Gasteiger partial charge is 0.0540 e. The molecule has 46 heavy (non-hydrogen) atoms. The Morgan fingerprint density at radius 2 is 1.11 bits per heavy atom. The van der Waals surface area contributed by atoms with Crippen molar-refractivity contribution in [1.29, 1.82) is 0 Å². The number of hydrogen-bond donors (Lipinski definition) is 0. The van der Waals surface area contributed by atoms with Crippen molar-refractivity contribution in [3.05, 3.63) is 182 Å². The lowest BCUT2D eigenvalue weighted by atomic mass is 9.88. The highest BCUT2D eigenvalue weighted by Gasteiger charge is 2.22. The summed E-state index contributed by atoms with van der Waals surface area (Å²) in [5, 5.41) is 10.1. The summed E-state index contributed by atoms with van der Waals surface area (Å²) in [6.07, 6.45) is 14.8. The number of anilines is 4. The van der Waals surface area contributed by atoms with Gasteiger partial charge in [0.15, 0.2) is 0 Å². The summed E-state index contributed by atoms with van der Waals surface area (Å²) in [6.45, 7) is 8.14. The van der Waals surface area contributed by atoms with Crippen LogP contribution in [0.3, 0.4) is 0 Å². The van der Waals surface area contributed by atoms with Crippen molar-refractivity contribution in [1.82, 2.24) is 0 Å². The van der Waals surface area contributed by atoms with E-state index in [1.54, 1.807) is 0 Å². The van der Waals surface area contributed by atoms with E-state index in [1.807, 2.05) is 18.2 Å². The molecular weight excluding hydrogens is 556 g/mol. The van der Waals surface area contributed by atoms with Crippen LogP contribution < -0.4 is 9.80 Å². The molecule has 7 aromatic rings. The monoisotopic (exact) mass is 590 g/mol. The third-order valence-corrected chi connectivity index (χ3v) is 9.12. The molecule has 0 unspecified atom stereocenters. The summed E-state index contributed by atoms with van der Waals surface area (Å²) < 4.78 is 0. The average molecular weight is 591 g/mol. The van der Waals surface area contributed by atoms with Gasteiger partial charge in [0.1, 0.15) is 0 Å². The molecule has 0 aromatic heterocycles. The van der Waals surface area contributed by atoms with Gasteiger partial charge in [0.2, 0.25) is 0 Å². The predicted octanol–water partition coefficient (Wildman–Crippen LogP) is 12.5. The molecule has 0 radical (unpaired) electrons. The van der Waals surface area contributed by atoms with Gasteiger partial charge in [-0.1, -0.05) is 116 Å². The van der Waals surface area contributed by atoms with Crippen molar-refractivity contribution >= 4 is 65.8 Å². The highest BCUT2D eigenvalue weighted by molar-refractivity contribution is 6.35. The topological polar surface area (TPSA) is 6.48 Å². The highest BCUT2D eigenvalue weighted by Crippen LogP contribution is 2.47. The van der Waals surface area contributed by atoms with Crippen LogP contribution in [0.4, 0.5) is 22.7 Å². The van der Waals surface area contributed by atoms with Crippen molar-refractivity contribution in [3.63, 3.8) is 0 Å². The van der Waals surface area contributed by atoms with Crippen LogP contribution in [-0.2, 0) is 0 Å². The maximum atomic E-state index is 4.16. The van der Waals surface area contributed by atoms with Crippen LogP contribution in [-0.4, -0.2) is 0 Å². The zero-order valence-corrected chi connectivity index (χ0v) is 25.7. The summed E-state index contributed by atoms with van der Waals surface area (Å²) in [4.78, 5) is 4.69. The molecule has 8 rings (SSSR count). The normalized spacial score (nSPS) is 13.4. The molecule has 7 aromatic carbocycles. The summed E-state index contributed by atoms with van der Waals surface area (Å²) in [5.74, 6) is 0. The van der Waals surface area contributed by atoms with Crippen LogP contribution >= 0.6 is 0 Å². The lowest BCUT2D eigenvalue weighted by Crippen LogP contribution is -2.16. The van der Waals surface area contributed by atoms with E-state index >= 15 is 0 Å². The molecule has 0 heterocycles. The molecule has 0 atom stereocenters. The summed E-state index contributed by atoms with van der Waals surface area (Å²) >= 11 is 0. The Balaban J connectivity index is 1.42. The molecule has 1 aliphatic rings. The van der Waals surface area contributed by atoms with Crippen LogP contribution in [0.1, 0.15) is 12.8 Å². The average Bonchev–Trinajstić information content (AvgIpc) is 3.12. The maximum absolute atomic E-state index is 4.16. The molecule has 0 bridgehead atoms. The standard InChI is InChI=1S/C44H34N2/c1-3-16-31(4-2)45(32-17-8-5-9-18-32)41-29-27-37-38-28-30-42(46(33-19-10-6-11-20-33)34-21-12-7-13-22-34)40-26-15-24-36(44(38)40)35-23-14-25-39(41)43(35)37/h3-6,8-12,14-30H,1-2,7,13H2/b31-16+. The molecular formula is C44H34N2. The number of nitrogens with zero attached hydrogens (tertiary/aromatic N) is 2. The Bertz CT molecular complexity index is 2320. The van der Waals surface area contributed by atoms with E-state index in [9.17, 15) is 0 Å². The molecule has 0 amide bonds. The molecule has 2 heteroatoms. The second kappa shape index (κ2) is 11.6. The largest absolute Gasteiger partial charge is 0.310 e. The number of hydrogen-bond acceptors (Lipinski definition) is 2. The van der Waals surface area contributed by atoms with Crippen molar-refractivity contribution in [2.24, 2.45) is 0 Å². The fourth-order valence-corrected chi connectivity index (χ4v) is 7.20. The van der Waals surface area contributed by atoms with E-state index < -0.39 is 0 Å². The number of para-hydroxylation sites is 2. The summed E-state index contributed by atoms with van der Waals surface area (Å²) in [6, 6.07) is 43.9. The van der Waals surface area contributed by atoms with Gasteiger partial charge in [-0.05, 0) is 99.8 Å². The Morgan fingerprint density at radius 3 is 1.70 bits per heavy atom. The fourth-order valence-electron chi connectivity index (χ4n) is 7.20. The lowest BCUT2D eigenvalue weighted by Gasteiger charge is -2.30. The first-order valence-electron chi connectivity index (χ1n) is 15.9. The van der Waals surface area contributed by atoms with Gasteiger partial charge in [-0.25, -0.2) is 0 Å². The predicted molar refractivity (Wildman–Crippen MR) is 200 cm³/mol. The van der Waals surface area contributed by atoms with Gasteiger partial charge in [-0.2, -0.15) is 0 Å². The van der Waals surface area contributed by atoms with E-state index in [0.29, 0.717) is 0 Å². The third-order valence-electron chi connectivity index (χ3n) is 9.12. The Labute approximate surface area is 270 Å². The second-order valence-corrected chi connectivity index (χ2v) is 11.7. The molecule has 0 saturated heterocycles. The molecule has 220 valence electrons. The number of rotatable bonds is 8. The highest BCUT2D eigenvalue weighted by atomic mass is 15.2. The first kappa shape index (κ1) is 27.7. The minimum absolute atomic E-state index is 0.969. The summed E-state index contributed by atoms with van der Waals surface area (Å²) in [7, 11) is 0. The Hall–Kier alpha value is -5.86. The van der Waals surface area contributed by atoms with Gasteiger partial charge in [-0.3, -0.25) is 0 Å². The first-order chi connectivity index (χ1) is 22.8. The maximum Gasteiger partial charge on any atom is 0.0540 e. The third kappa shape index (κ3) is 4.42. The van der Waals surface area contributed by atoms with Gasteiger partial charge in [-0.15, -0.1) is 0 Å². The zero-order valence-electron chi connectivity index (χ0n) is 25.7. The number of fused-ring (bicyclic) bond motifs is 2. The van der Waals surface area contributed by atoms with Crippen LogP contribution in [0.15, 0.2) is 182 Å². The van der Waals surface area contributed by atoms with E-state index in [-0.39, 0.29) is 0 Å². The molecule has 0 N–H and O–H groups in total. The van der Waals surface area contributed by atoms with E-state index in [2.05, 4.69) is 163 Å². The molecule has 0 saturated carbocycles. The number of benzene rings is 7. The molecule has 0 spiro atoms. The fraction of sp³-hybridized carbons (Fsp3) is 0.0455.